The lowest BCUT2D eigenvalue weighted by molar-refractivity contribution is 0.580. The Kier molecular flexibility index (Phi) is 2.07. The van der Waals surface area contributed by atoms with E-state index < -0.39 is 0 Å². The maximum atomic E-state index is 4.44. The zero-order valence-electron chi connectivity index (χ0n) is 7.95. The molecule has 14 heavy (non-hydrogen) atoms. The molecule has 1 fully saturated rings. The molecular weight excluding hydrogens is 308 g/mol. The summed E-state index contributed by atoms with van der Waals surface area (Å²) in [5.74, 6) is 1.30. The summed E-state index contributed by atoms with van der Waals surface area (Å²) in [7, 11) is 0. The quantitative estimate of drug-likeness (QED) is 0.728. The van der Waals surface area contributed by atoms with Gasteiger partial charge in [-0.25, -0.2) is 0 Å². The third-order valence-electron chi connectivity index (χ3n) is 3.52. The number of rotatable bonds is 1. The average molecular weight is 320 g/mol. The molecule has 76 valence electrons. The van der Waals surface area contributed by atoms with Crippen molar-refractivity contribution in [3.8, 4) is 0 Å². The van der Waals surface area contributed by atoms with E-state index in [1.807, 2.05) is 0 Å². The lowest BCUT2D eigenvalue weighted by atomic mass is 9.98. The highest BCUT2D eigenvalue weighted by molar-refractivity contribution is 9.10. The zero-order valence-corrected chi connectivity index (χ0v) is 11.1. The van der Waals surface area contributed by atoms with Crippen LogP contribution in [0.5, 0.6) is 0 Å². The van der Waals surface area contributed by atoms with Gasteiger partial charge in [0.15, 0.2) is 0 Å². The molecule has 1 aromatic rings. The Bertz CT molecular complexity index is 374. The van der Waals surface area contributed by atoms with E-state index in [-0.39, 0.29) is 0 Å². The smallest absolute Gasteiger partial charge is 0.0528 e. The molecule has 4 atom stereocenters. The first-order chi connectivity index (χ1) is 6.74. The van der Waals surface area contributed by atoms with Crippen molar-refractivity contribution in [1.29, 1.82) is 0 Å². The molecule has 2 nitrogen and oxygen atoms in total. The van der Waals surface area contributed by atoms with E-state index in [1.165, 1.54) is 17.7 Å². The van der Waals surface area contributed by atoms with E-state index >= 15 is 0 Å². The van der Waals surface area contributed by atoms with Gasteiger partial charge in [-0.15, -0.1) is 0 Å². The highest BCUT2D eigenvalue weighted by Crippen LogP contribution is 2.58. The molecular formula is C10H12Br2N2. The Labute approximate surface area is 100 Å². The molecule has 1 saturated carbocycles. The van der Waals surface area contributed by atoms with Gasteiger partial charge in [-0.05, 0) is 18.9 Å². The highest BCUT2D eigenvalue weighted by atomic mass is 79.9. The van der Waals surface area contributed by atoms with Gasteiger partial charge in [0, 0.05) is 33.7 Å². The number of hydrogen-bond acceptors (Lipinski definition) is 1. The molecule has 0 radical (unpaired) electrons. The Morgan fingerprint density at radius 3 is 3.07 bits per heavy atom. The van der Waals surface area contributed by atoms with Gasteiger partial charge in [-0.2, -0.15) is 5.10 Å². The number of halogens is 2. The molecule has 0 unspecified atom stereocenters. The van der Waals surface area contributed by atoms with Crippen molar-refractivity contribution < 1.29 is 0 Å². The van der Waals surface area contributed by atoms with E-state index in [0.29, 0.717) is 21.5 Å². The van der Waals surface area contributed by atoms with Gasteiger partial charge < -0.3 is 0 Å². The SMILES string of the molecule is CCn1ncc2c1[C@@H]1C[C@@H](Br)[C@H]2[C@H]1Br. The highest BCUT2D eigenvalue weighted by Gasteiger charge is 2.51. The lowest BCUT2D eigenvalue weighted by Crippen LogP contribution is -2.11. The van der Waals surface area contributed by atoms with Gasteiger partial charge in [-0.3, -0.25) is 4.68 Å². The molecule has 1 heterocycles. The van der Waals surface area contributed by atoms with Crippen LogP contribution in [0.4, 0.5) is 0 Å². The Balaban J connectivity index is 2.14. The largest absolute Gasteiger partial charge is 0.269 e. The summed E-state index contributed by atoms with van der Waals surface area (Å²) < 4.78 is 2.16. The molecule has 0 aliphatic heterocycles. The molecule has 0 N–H and O–H groups in total. The maximum absolute atomic E-state index is 4.44. The fraction of sp³-hybridized carbons (Fsp3) is 0.700. The van der Waals surface area contributed by atoms with Crippen LogP contribution in [-0.2, 0) is 6.54 Å². The van der Waals surface area contributed by atoms with Crippen molar-refractivity contribution in [3.05, 3.63) is 17.5 Å². The first-order valence-electron chi connectivity index (χ1n) is 5.07. The van der Waals surface area contributed by atoms with Gasteiger partial charge in [-0.1, -0.05) is 31.9 Å². The van der Waals surface area contributed by atoms with Gasteiger partial charge >= 0.3 is 0 Å². The van der Waals surface area contributed by atoms with E-state index in [9.17, 15) is 0 Å². The predicted molar refractivity (Wildman–Crippen MR) is 63.4 cm³/mol. The van der Waals surface area contributed by atoms with Crippen LogP contribution in [0.3, 0.4) is 0 Å². The average Bonchev–Trinajstić information content (AvgIpc) is 2.75. The number of alkyl halides is 2. The van der Waals surface area contributed by atoms with Crippen LogP contribution in [0.15, 0.2) is 6.20 Å². The molecule has 2 aliphatic rings. The second kappa shape index (κ2) is 3.08. The summed E-state index contributed by atoms with van der Waals surface area (Å²) in [6.45, 7) is 3.15. The van der Waals surface area contributed by atoms with Gasteiger partial charge in [0.25, 0.3) is 0 Å². The second-order valence-corrected chi connectivity index (χ2v) is 6.36. The van der Waals surface area contributed by atoms with E-state index in [0.717, 1.165) is 6.54 Å². The minimum Gasteiger partial charge on any atom is -0.269 e. The summed E-state index contributed by atoms with van der Waals surface area (Å²) >= 11 is 7.59. The van der Waals surface area contributed by atoms with Gasteiger partial charge in [0.2, 0.25) is 0 Å². The number of nitrogens with zero attached hydrogens (tertiary/aromatic N) is 2. The molecule has 0 aromatic carbocycles. The number of hydrogen-bond donors (Lipinski definition) is 0. The Morgan fingerprint density at radius 2 is 2.36 bits per heavy atom. The molecule has 1 aromatic heterocycles. The molecule has 3 rings (SSSR count). The maximum Gasteiger partial charge on any atom is 0.0528 e. The van der Waals surface area contributed by atoms with Crippen LogP contribution in [-0.4, -0.2) is 19.4 Å². The summed E-state index contributed by atoms with van der Waals surface area (Å²) in [6, 6.07) is 0. The van der Waals surface area contributed by atoms with Crippen LogP contribution in [0.2, 0.25) is 0 Å². The van der Waals surface area contributed by atoms with Crippen molar-refractivity contribution in [1.82, 2.24) is 9.78 Å². The third-order valence-corrected chi connectivity index (χ3v) is 5.67. The first-order valence-corrected chi connectivity index (χ1v) is 6.91. The van der Waals surface area contributed by atoms with Crippen molar-refractivity contribution in [2.24, 2.45) is 0 Å². The Morgan fingerprint density at radius 1 is 1.57 bits per heavy atom. The van der Waals surface area contributed by atoms with Crippen LogP contribution < -0.4 is 0 Å². The van der Waals surface area contributed by atoms with Crippen molar-refractivity contribution in [2.75, 3.05) is 0 Å². The van der Waals surface area contributed by atoms with E-state index in [1.54, 1.807) is 0 Å². The lowest BCUT2D eigenvalue weighted by Gasteiger charge is -2.16. The molecule has 0 spiro atoms. The summed E-state index contributed by atoms with van der Waals surface area (Å²) in [4.78, 5) is 1.26. The number of fused-ring (bicyclic) bond motifs is 5. The summed E-state index contributed by atoms with van der Waals surface area (Å²) in [6.07, 6.45) is 3.31. The van der Waals surface area contributed by atoms with Crippen LogP contribution in [0, 0.1) is 0 Å². The zero-order chi connectivity index (χ0) is 9.87. The standard InChI is InChI=1S/C10H12Br2N2/c1-2-14-10-5-3-7(11)8(9(5)12)6(10)4-13-14/h4-5,7-9H,2-3H2,1H3/t5-,7-,8+,9+/m1/s1. The monoisotopic (exact) mass is 318 g/mol. The van der Waals surface area contributed by atoms with Crippen LogP contribution in [0.1, 0.15) is 36.4 Å². The summed E-state index contributed by atoms with van der Waals surface area (Å²) in [5, 5.41) is 4.44. The van der Waals surface area contributed by atoms with Crippen molar-refractivity contribution in [2.45, 2.75) is 41.4 Å². The van der Waals surface area contributed by atoms with Crippen molar-refractivity contribution >= 4 is 31.9 Å². The van der Waals surface area contributed by atoms with Crippen LogP contribution in [0.25, 0.3) is 0 Å². The second-order valence-electron chi connectivity index (χ2n) is 4.13. The van der Waals surface area contributed by atoms with Crippen molar-refractivity contribution in [3.63, 3.8) is 0 Å². The number of aryl methyl sites for hydroxylation is 1. The first kappa shape index (κ1) is 9.40. The molecule has 4 heteroatoms. The topological polar surface area (TPSA) is 17.8 Å². The minimum atomic E-state index is 0.623. The normalized spacial score (nSPS) is 39.1. The predicted octanol–water partition coefficient (Wildman–Crippen LogP) is 3.01. The van der Waals surface area contributed by atoms with Gasteiger partial charge in [0.1, 0.15) is 0 Å². The Hall–Kier alpha value is 0.170. The summed E-state index contributed by atoms with van der Waals surface area (Å²) in [5.41, 5.74) is 2.95. The van der Waals surface area contributed by atoms with Crippen LogP contribution >= 0.6 is 31.9 Å². The molecule has 2 bridgehead atoms. The number of aromatic nitrogens is 2. The fourth-order valence-corrected chi connectivity index (χ4v) is 5.47. The molecule has 0 amide bonds. The molecule has 0 saturated heterocycles. The van der Waals surface area contributed by atoms with Gasteiger partial charge in [0.05, 0.1) is 6.20 Å². The van der Waals surface area contributed by atoms with E-state index in [2.05, 4.69) is 54.8 Å². The van der Waals surface area contributed by atoms with E-state index in [4.69, 9.17) is 0 Å². The fourth-order valence-electron chi connectivity index (χ4n) is 2.92. The minimum absolute atomic E-state index is 0.623. The third kappa shape index (κ3) is 0.990. The molecule has 2 aliphatic carbocycles.